The molecule has 108 valence electrons. The van der Waals surface area contributed by atoms with Crippen molar-refractivity contribution in [2.45, 2.75) is 33.1 Å². The maximum Gasteiger partial charge on any atom is 0.229 e. The zero-order valence-electron chi connectivity index (χ0n) is 11.7. The third-order valence-electron chi connectivity index (χ3n) is 3.26. The molecule has 0 bridgehead atoms. The van der Waals surface area contributed by atoms with E-state index in [9.17, 15) is 4.79 Å². The van der Waals surface area contributed by atoms with Crippen molar-refractivity contribution in [3.63, 3.8) is 0 Å². The van der Waals surface area contributed by atoms with Crippen molar-refractivity contribution < 1.29 is 4.79 Å². The van der Waals surface area contributed by atoms with Crippen LogP contribution >= 0.6 is 23.9 Å². The van der Waals surface area contributed by atoms with Crippen LogP contribution in [0.15, 0.2) is 0 Å². The SMILES string of the molecule is CC(C(=O)Nc1nc(C(C)(C)C)ns1)C1CNC1.Cl. The van der Waals surface area contributed by atoms with Gasteiger partial charge < -0.3 is 10.6 Å². The summed E-state index contributed by atoms with van der Waals surface area (Å²) >= 11 is 1.25. The molecule has 1 atom stereocenters. The van der Waals surface area contributed by atoms with Gasteiger partial charge in [-0.15, -0.1) is 12.4 Å². The van der Waals surface area contributed by atoms with Gasteiger partial charge in [-0.1, -0.05) is 27.7 Å². The summed E-state index contributed by atoms with van der Waals surface area (Å²) in [6.07, 6.45) is 0. The molecule has 2 rings (SSSR count). The number of carbonyl (C=O) groups excluding carboxylic acids is 1. The number of halogens is 1. The highest BCUT2D eigenvalue weighted by molar-refractivity contribution is 7.09. The Balaban J connectivity index is 0.00000180. The minimum absolute atomic E-state index is 0. The molecule has 19 heavy (non-hydrogen) atoms. The van der Waals surface area contributed by atoms with E-state index < -0.39 is 0 Å². The summed E-state index contributed by atoms with van der Waals surface area (Å²) in [6.45, 7) is 10.00. The zero-order valence-corrected chi connectivity index (χ0v) is 13.3. The minimum atomic E-state index is -0.0804. The molecule has 1 aromatic rings. The number of nitrogens with zero attached hydrogens (tertiary/aromatic N) is 2. The molecule has 7 heteroatoms. The van der Waals surface area contributed by atoms with Gasteiger partial charge in [0.1, 0.15) is 5.82 Å². The maximum absolute atomic E-state index is 12.0. The summed E-state index contributed by atoms with van der Waals surface area (Å²) in [6, 6.07) is 0. The Bertz CT molecular complexity index is 439. The Kier molecular flexibility index (Phi) is 5.29. The summed E-state index contributed by atoms with van der Waals surface area (Å²) in [5.41, 5.74) is -0.0804. The average molecular weight is 305 g/mol. The molecule has 0 spiro atoms. The van der Waals surface area contributed by atoms with Crippen molar-refractivity contribution in [3.8, 4) is 0 Å². The fourth-order valence-corrected chi connectivity index (χ4v) is 2.44. The molecule has 1 aliphatic heterocycles. The molecule has 1 saturated heterocycles. The van der Waals surface area contributed by atoms with Crippen LogP contribution in [0.25, 0.3) is 0 Å². The second-order valence-electron chi connectivity index (χ2n) is 5.87. The number of aromatic nitrogens is 2. The smallest absolute Gasteiger partial charge is 0.229 e. The van der Waals surface area contributed by atoms with Crippen LogP contribution in [0.3, 0.4) is 0 Å². The number of hydrogen-bond acceptors (Lipinski definition) is 5. The molecular weight excluding hydrogens is 284 g/mol. The molecule has 1 fully saturated rings. The normalized spacial score (nSPS) is 17.3. The van der Waals surface area contributed by atoms with Gasteiger partial charge in [-0.25, -0.2) is 4.98 Å². The van der Waals surface area contributed by atoms with E-state index in [1.54, 1.807) is 0 Å². The van der Waals surface area contributed by atoms with Gasteiger partial charge in [0.15, 0.2) is 0 Å². The third-order valence-corrected chi connectivity index (χ3v) is 3.89. The molecular formula is C12H21ClN4OS. The molecule has 1 amide bonds. The first-order chi connectivity index (χ1) is 8.38. The first kappa shape index (κ1) is 16.3. The highest BCUT2D eigenvalue weighted by atomic mass is 35.5. The number of anilines is 1. The van der Waals surface area contributed by atoms with Gasteiger partial charge >= 0.3 is 0 Å². The van der Waals surface area contributed by atoms with Crippen molar-refractivity contribution in [3.05, 3.63) is 5.82 Å². The van der Waals surface area contributed by atoms with E-state index in [2.05, 4.69) is 40.8 Å². The lowest BCUT2D eigenvalue weighted by Gasteiger charge is -2.31. The maximum atomic E-state index is 12.0. The fraction of sp³-hybridized carbons (Fsp3) is 0.750. The molecule has 2 heterocycles. The van der Waals surface area contributed by atoms with Crippen LogP contribution in [0.2, 0.25) is 0 Å². The molecule has 0 aliphatic carbocycles. The predicted octanol–water partition coefficient (Wildman–Crippen LogP) is 2.05. The quantitative estimate of drug-likeness (QED) is 0.897. The summed E-state index contributed by atoms with van der Waals surface area (Å²) < 4.78 is 4.28. The van der Waals surface area contributed by atoms with E-state index in [-0.39, 0.29) is 29.6 Å². The van der Waals surface area contributed by atoms with Gasteiger partial charge in [-0.2, -0.15) is 4.37 Å². The van der Waals surface area contributed by atoms with Crippen LogP contribution in [-0.2, 0) is 10.2 Å². The van der Waals surface area contributed by atoms with Crippen LogP contribution in [0.4, 0.5) is 5.13 Å². The Morgan fingerprint density at radius 3 is 2.53 bits per heavy atom. The van der Waals surface area contributed by atoms with Crippen molar-refractivity contribution in [2.75, 3.05) is 18.4 Å². The molecule has 1 aliphatic rings. The van der Waals surface area contributed by atoms with Crippen molar-refractivity contribution in [1.82, 2.24) is 14.7 Å². The van der Waals surface area contributed by atoms with Crippen LogP contribution in [0.1, 0.15) is 33.5 Å². The van der Waals surface area contributed by atoms with Crippen LogP contribution in [-0.4, -0.2) is 28.4 Å². The lowest BCUT2D eigenvalue weighted by Crippen LogP contribution is -2.48. The first-order valence-electron chi connectivity index (χ1n) is 6.23. The Morgan fingerprint density at radius 2 is 2.11 bits per heavy atom. The van der Waals surface area contributed by atoms with E-state index in [1.165, 1.54) is 11.5 Å². The number of carbonyl (C=O) groups is 1. The third kappa shape index (κ3) is 3.87. The second kappa shape index (κ2) is 6.15. The summed E-state index contributed by atoms with van der Waals surface area (Å²) in [7, 11) is 0. The standard InChI is InChI=1S/C12H20N4OS.ClH/c1-7(8-5-13-6-8)9(17)14-11-15-10(16-18-11)12(2,3)4;/h7-8,13H,5-6H2,1-4H3,(H,14,15,16,17);1H. The molecule has 1 aromatic heterocycles. The van der Waals surface area contributed by atoms with Crippen LogP contribution < -0.4 is 10.6 Å². The highest BCUT2D eigenvalue weighted by Gasteiger charge is 2.29. The van der Waals surface area contributed by atoms with Gasteiger partial charge in [0.25, 0.3) is 0 Å². The minimum Gasteiger partial charge on any atom is -0.316 e. The van der Waals surface area contributed by atoms with E-state index in [0.717, 1.165) is 18.9 Å². The van der Waals surface area contributed by atoms with Crippen LogP contribution in [0, 0.1) is 11.8 Å². The second-order valence-corrected chi connectivity index (χ2v) is 6.62. The molecule has 0 aromatic carbocycles. The average Bonchev–Trinajstić information content (AvgIpc) is 2.62. The van der Waals surface area contributed by atoms with E-state index in [1.807, 2.05) is 6.92 Å². The Morgan fingerprint density at radius 1 is 1.47 bits per heavy atom. The number of rotatable bonds is 3. The van der Waals surface area contributed by atoms with Gasteiger partial charge in [0.2, 0.25) is 11.0 Å². The topological polar surface area (TPSA) is 66.9 Å². The lowest BCUT2D eigenvalue weighted by molar-refractivity contribution is -0.121. The van der Waals surface area contributed by atoms with Crippen LogP contribution in [0.5, 0.6) is 0 Å². The summed E-state index contributed by atoms with van der Waals surface area (Å²) in [4.78, 5) is 16.4. The van der Waals surface area contributed by atoms with Crippen molar-refractivity contribution in [1.29, 1.82) is 0 Å². The van der Waals surface area contributed by atoms with Gasteiger partial charge in [-0.3, -0.25) is 4.79 Å². The Hall–Kier alpha value is -0.720. The molecule has 5 nitrogen and oxygen atoms in total. The summed E-state index contributed by atoms with van der Waals surface area (Å²) in [5.74, 6) is 1.28. The summed E-state index contributed by atoms with van der Waals surface area (Å²) in [5, 5.41) is 6.64. The number of amides is 1. The molecule has 2 N–H and O–H groups in total. The number of nitrogens with one attached hydrogen (secondary N) is 2. The molecule has 0 saturated carbocycles. The van der Waals surface area contributed by atoms with E-state index in [4.69, 9.17) is 0 Å². The fourth-order valence-electron chi connectivity index (χ4n) is 1.68. The van der Waals surface area contributed by atoms with Crippen molar-refractivity contribution >= 4 is 35.0 Å². The lowest BCUT2D eigenvalue weighted by atomic mass is 9.88. The zero-order chi connectivity index (χ0) is 13.3. The van der Waals surface area contributed by atoms with Gasteiger partial charge in [-0.05, 0) is 19.0 Å². The van der Waals surface area contributed by atoms with Gasteiger partial charge in [0, 0.05) is 22.9 Å². The van der Waals surface area contributed by atoms with E-state index in [0.29, 0.717) is 11.0 Å². The largest absolute Gasteiger partial charge is 0.316 e. The number of hydrogen-bond donors (Lipinski definition) is 2. The Labute approximate surface area is 124 Å². The molecule has 0 radical (unpaired) electrons. The van der Waals surface area contributed by atoms with E-state index >= 15 is 0 Å². The first-order valence-corrected chi connectivity index (χ1v) is 7.01. The highest BCUT2D eigenvalue weighted by Crippen LogP contribution is 2.24. The molecule has 1 unspecified atom stereocenters. The van der Waals surface area contributed by atoms with Crippen molar-refractivity contribution in [2.24, 2.45) is 11.8 Å². The monoisotopic (exact) mass is 304 g/mol. The predicted molar refractivity (Wildman–Crippen MR) is 80.0 cm³/mol. The van der Waals surface area contributed by atoms with Gasteiger partial charge in [0.05, 0.1) is 0 Å².